The summed E-state index contributed by atoms with van der Waals surface area (Å²) >= 11 is 0. The standard InChI is InChI=1S/C22H25FN2O2/c23-20-9-7-18(8-10-20)21-15-25(12-13-27-21)22(26)16-24-11-3-6-17-4-1-2-5-19(17)14-24/h1-2,4-5,7-10,21H,3,6,11-16H2. The monoisotopic (exact) mass is 368 g/mol. The minimum Gasteiger partial charge on any atom is -0.370 e. The number of aryl methyl sites for hydroxylation is 1. The highest BCUT2D eigenvalue weighted by molar-refractivity contribution is 5.78. The summed E-state index contributed by atoms with van der Waals surface area (Å²) < 4.78 is 19.0. The molecule has 142 valence electrons. The number of amides is 1. The van der Waals surface area contributed by atoms with E-state index >= 15 is 0 Å². The molecule has 2 aromatic carbocycles. The average molecular weight is 368 g/mol. The van der Waals surface area contributed by atoms with Gasteiger partial charge in [-0.2, -0.15) is 0 Å². The highest BCUT2D eigenvalue weighted by Gasteiger charge is 2.27. The van der Waals surface area contributed by atoms with Crippen LogP contribution in [0.5, 0.6) is 0 Å². The number of hydrogen-bond donors (Lipinski definition) is 0. The van der Waals surface area contributed by atoms with E-state index in [1.165, 1.54) is 23.3 Å². The van der Waals surface area contributed by atoms with Crippen molar-refractivity contribution in [3.05, 3.63) is 71.0 Å². The van der Waals surface area contributed by atoms with Gasteiger partial charge < -0.3 is 9.64 Å². The largest absolute Gasteiger partial charge is 0.370 e. The van der Waals surface area contributed by atoms with Crippen LogP contribution in [-0.4, -0.2) is 48.5 Å². The number of benzene rings is 2. The molecule has 0 aromatic heterocycles. The molecular weight excluding hydrogens is 343 g/mol. The van der Waals surface area contributed by atoms with Gasteiger partial charge in [0.1, 0.15) is 11.9 Å². The number of hydrogen-bond acceptors (Lipinski definition) is 3. The van der Waals surface area contributed by atoms with Gasteiger partial charge in [0.25, 0.3) is 0 Å². The zero-order valence-corrected chi connectivity index (χ0v) is 15.4. The molecule has 0 saturated carbocycles. The molecule has 27 heavy (non-hydrogen) atoms. The predicted molar refractivity (Wildman–Crippen MR) is 102 cm³/mol. The molecule has 4 rings (SSSR count). The molecule has 2 aliphatic heterocycles. The quantitative estimate of drug-likeness (QED) is 0.834. The van der Waals surface area contributed by atoms with Crippen LogP contribution >= 0.6 is 0 Å². The second kappa shape index (κ2) is 8.19. The number of carbonyl (C=O) groups excluding carboxylic acids is 1. The minimum atomic E-state index is -0.260. The van der Waals surface area contributed by atoms with Gasteiger partial charge in [-0.1, -0.05) is 36.4 Å². The summed E-state index contributed by atoms with van der Waals surface area (Å²) in [5, 5.41) is 0. The molecule has 1 unspecified atom stereocenters. The molecule has 1 fully saturated rings. The maximum atomic E-state index is 13.1. The second-order valence-corrected chi connectivity index (χ2v) is 7.33. The fourth-order valence-electron chi connectivity index (χ4n) is 3.95. The molecule has 0 radical (unpaired) electrons. The third kappa shape index (κ3) is 4.37. The van der Waals surface area contributed by atoms with E-state index in [1.54, 1.807) is 12.1 Å². The highest BCUT2D eigenvalue weighted by Crippen LogP contribution is 2.23. The summed E-state index contributed by atoms with van der Waals surface area (Å²) in [6.07, 6.45) is 1.96. The van der Waals surface area contributed by atoms with Crippen molar-refractivity contribution < 1.29 is 13.9 Å². The number of ether oxygens (including phenoxy) is 1. The van der Waals surface area contributed by atoms with Gasteiger partial charge in [0, 0.05) is 13.1 Å². The van der Waals surface area contributed by atoms with Crippen LogP contribution in [0.25, 0.3) is 0 Å². The lowest BCUT2D eigenvalue weighted by atomic mass is 10.0. The first-order valence-electron chi connectivity index (χ1n) is 9.63. The first-order valence-corrected chi connectivity index (χ1v) is 9.63. The van der Waals surface area contributed by atoms with Crippen molar-refractivity contribution in [3.8, 4) is 0 Å². The van der Waals surface area contributed by atoms with Crippen molar-refractivity contribution in [3.63, 3.8) is 0 Å². The van der Waals surface area contributed by atoms with E-state index in [-0.39, 0.29) is 17.8 Å². The number of halogens is 1. The Bertz CT molecular complexity index is 793. The van der Waals surface area contributed by atoms with Gasteiger partial charge in [-0.15, -0.1) is 0 Å². The van der Waals surface area contributed by atoms with Crippen LogP contribution in [0.4, 0.5) is 4.39 Å². The van der Waals surface area contributed by atoms with Gasteiger partial charge in [0.2, 0.25) is 5.91 Å². The van der Waals surface area contributed by atoms with Crippen molar-refractivity contribution in [2.75, 3.05) is 32.8 Å². The van der Waals surface area contributed by atoms with E-state index < -0.39 is 0 Å². The molecule has 0 bridgehead atoms. The summed E-state index contributed by atoms with van der Waals surface area (Å²) in [7, 11) is 0. The van der Waals surface area contributed by atoms with Crippen LogP contribution < -0.4 is 0 Å². The molecule has 1 atom stereocenters. The van der Waals surface area contributed by atoms with E-state index in [2.05, 4.69) is 29.2 Å². The molecule has 0 spiro atoms. The smallest absolute Gasteiger partial charge is 0.236 e. The molecule has 5 heteroatoms. The van der Waals surface area contributed by atoms with E-state index in [0.717, 1.165) is 31.5 Å². The lowest BCUT2D eigenvalue weighted by Crippen LogP contribution is -2.46. The molecule has 0 N–H and O–H groups in total. The first kappa shape index (κ1) is 18.1. The SMILES string of the molecule is O=C(CN1CCCc2ccccc2C1)N1CCOC(c2ccc(F)cc2)C1. The topological polar surface area (TPSA) is 32.8 Å². The molecule has 4 nitrogen and oxygen atoms in total. The molecule has 2 heterocycles. The van der Waals surface area contributed by atoms with Crippen LogP contribution in [0, 0.1) is 5.82 Å². The summed E-state index contributed by atoms with van der Waals surface area (Å²) in [6, 6.07) is 14.9. The predicted octanol–water partition coefficient (Wildman–Crippen LogP) is 3.17. The number of morpholine rings is 1. The number of carbonyl (C=O) groups is 1. The van der Waals surface area contributed by atoms with Gasteiger partial charge in [-0.3, -0.25) is 9.69 Å². The molecule has 1 saturated heterocycles. The van der Waals surface area contributed by atoms with Crippen molar-refractivity contribution in [1.29, 1.82) is 0 Å². The van der Waals surface area contributed by atoms with Crippen molar-refractivity contribution in [1.82, 2.24) is 9.80 Å². The van der Waals surface area contributed by atoms with Gasteiger partial charge in [-0.25, -0.2) is 4.39 Å². The lowest BCUT2D eigenvalue weighted by Gasteiger charge is -2.34. The van der Waals surface area contributed by atoms with Crippen LogP contribution in [-0.2, 0) is 22.5 Å². The van der Waals surface area contributed by atoms with E-state index in [0.29, 0.717) is 26.2 Å². The maximum absolute atomic E-state index is 13.1. The third-order valence-corrected chi connectivity index (χ3v) is 5.45. The zero-order valence-electron chi connectivity index (χ0n) is 15.4. The van der Waals surface area contributed by atoms with Crippen LogP contribution in [0.15, 0.2) is 48.5 Å². The third-order valence-electron chi connectivity index (χ3n) is 5.45. The first-order chi connectivity index (χ1) is 13.2. The fraction of sp³-hybridized carbons (Fsp3) is 0.409. The van der Waals surface area contributed by atoms with Crippen molar-refractivity contribution >= 4 is 5.91 Å². The highest BCUT2D eigenvalue weighted by atomic mass is 19.1. The number of nitrogens with zero attached hydrogens (tertiary/aromatic N) is 2. The lowest BCUT2D eigenvalue weighted by molar-refractivity contribution is -0.140. The summed E-state index contributed by atoms with van der Waals surface area (Å²) in [4.78, 5) is 17.0. The van der Waals surface area contributed by atoms with Gasteiger partial charge >= 0.3 is 0 Å². The number of rotatable bonds is 3. The van der Waals surface area contributed by atoms with E-state index in [9.17, 15) is 9.18 Å². The summed E-state index contributed by atoms with van der Waals surface area (Å²) in [5.74, 6) is -0.117. The van der Waals surface area contributed by atoms with E-state index in [4.69, 9.17) is 4.74 Å². The second-order valence-electron chi connectivity index (χ2n) is 7.33. The van der Waals surface area contributed by atoms with Crippen molar-refractivity contribution in [2.45, 2.75) is 25.5 Å². The summed E-state index contributed by atoms with van der Waals surface area (Å²) in [6.45, 7) is 3.84. The Morgan fingerprint density at radius 1 is 1.07 bits per heavy atom. The number of fused-ring (bicyclic) bond motifs is 1. The minimum absolute atomic E-state index is 0.143. The molecule has 2 aromatic rings. The molecular formula is C22H25FN2O2. The van der Waals surface area contributed by atoms with Gasteiger partial charge in [0.05, 0.1) is 19.7 Å². The Balaban J connectivity index is 1.38. The van der Waals surface area contributed by atoms with Crippen LogP contribution in [0.1, 0.15) is 29.2 Å². The maximum Gasteiger partial charge on any atom is 0.236 e. The van der Waals surface area contributed by atoms with Gasteiger partial charge in [0.15, 0.2) is 0 Å². The fourth-order valence-corrected chi connectivity index (χ4v) is 3.95. The van der Waals surface area contributed by atoms with Crippen molar-refractivity contribution in [2.24, 2.45) is 0 Å². The summed E-state index contributed by atoms with van der Waals surface area (Å²) in [5.41, 5.74) is 3.64. The Labute approximate surface area is 159 Å². The molecule has 0 aliphatic carbocycles. The Kier molecular flexibility index (Phi) is 5.50. The molecule has 1 amide bonds. The van der Waals surface area contributed by atoms with E-state index in [1.807, 2.05) is 4.90 Å². The normalized spacial score (nSPS) is 20.8. The Morgan fingerprint density at radius 3 is 2.67 bits per heavy atom. The average Bonchev–Trinajstić information content (AvgIpc) is 2.90. The Morgan fingerprint density at radius 2 is 1.85 bits per heavy atom. The zero-order chi connectivity index (χ0) is 18.6. The van der Waals surface area contributed by atoms with Gasteiger partial charge in [-0.05, 0) is 48.2 Å². The molecule has 2 aliphatic rings. The van der Waals surface area contributed by atoms with Crippen LogP contribution in [0.3, 0.4) is 0 Å². The Hall–Kier alpha value is -2.24. The van der Waals surface area contributed by atoms with Crippen LogP contribution in [0.2, 0.25) is 0 Å².